The first-order valence-electron chi connectivity index (χ1n) is 5.64. The normalized spacial score (nSPS) is 11.4. The number of thiophene rings is 1. The quantitative estimate of drug-likeness (QED) is 0.352. The van der Waals surface area contributed by atoms with Crippen LogP contribution in [0.15, 0.2) is 34.1 Å². The topological polar surface area (TPSA) is 87.7 Å². The molecule has 0 aliphatic carbocycles. The maximum absolute atomic E-state index is 12.1. The molecule has 0 atom stereocenters. The number of nitrogens with zero attached hydrogens (tertiary/aromatic N) is 1. The molecule has 0 spiro atoms. The van der Waals surface area contributed by atoms with E-state index in [1.807, 2.05) is 12.3 Å². The molecule has 2 rings (SSSR count). The fraction of sp³-hybridized carbons (Fsp3) is 0.0769. The Bertz CT molecular complexity index is 682. The summed E-state index contributed by atoms with van der Waals surface area (Å²) in [6.45, 7) is 1.87. The predicted octanol–water partition coefficient (Wildman–Crippen LogP) is 3.06. The van der Waals surface area contributed by atoms with Gasteiger partial charge in [-0.2, -0.15) is 11.3 Å². The number of aryl methyl sites for hydroxylation is 1. The van der Waals surface area contributed by atoms with Crippen molar-refractivity contribution < 1.29 is 10.0 Å². The van der Waals surface area contributed by atoms with Crippen molar-refractivity contribution in [3.63, 3.8) is 0 Å². The number of oxime groups is 1. The van der Waals surface area contributed by atoms with Crippen LogP contribution >= 0.6 is 22.9 Å². The Morgan fingerprint density at radius 3 is 2.75 bits per heavy atom. The van der Waals surface area contributed by atoms with Gasteiger partial charge in [-0.3, -0.25) is 4.79 Å². The van der Waals surface area contributed by atoms with Crippen molar-refractivity contribution in [3.05, 3.63) is 50.7 Å². The molecule has 1 aromatic heterocycles. The maximum Gasteiger partial charge on any atom is 0.256 e. The van der Waals surface area contributed by atoms with E-state index in [1.165, 1.54) is 17.4 Å². The molecule has 0 aliphatic heterocycles. The van der Waals surface area contributed by atoms with E-state index < -0.39 is 0 Å². The van der Waals surface area contributed by atoms with E-state index in [2.05, 4.69) is 10.5 Å². The van der Waals surface area contributed by atoms with Gasteiger partial charge in [0.25, 0.3) is 5.91 Å². The molecular weight excluding hydrogens is 298 g/mol. The van der Waals surface area contributed by atoms with Gasteiger partial charge < -0.3 is 16.3 Å². The SMILES string of the molecule is Cc1cscc1C(=O)Nc1ccc(/C(N)=N/O)cc1Cl. The van der Waals surface area contributed by atoms with Crippen LogP contribution in [-0.2, 0) is 0 Å². The molecule has 0 saturated heterocycles. The highest BCUT2D eigenvalue weighted by Crippen LogP contribution is 2.24. The van der Waals surface area contributed by atoms with Crippen LogP contribution in [0, 0.1) is 6.92 Å². The van der Waals surface area contributed by atoms with Crippen LogP contribution in [0.3, 0.4) is 0 Å². The van der Waals surface area contributed by atoms with Gasteiger partial charge in [0, 0.05) is 10.9 Å². The van der Waals surface area contributed by atoms with Crippen LogP contribution < -0.4 is 11.1 Å². The Morgan fingerprint density at radius 2 is 2.20 bits per heavy atom. The first kappa shape index (κ1) is 14.4. The first-order valence-corrected chi connectivity index (χ1v) is 6.96. The Morgan fingerprint density at radius 1 is 1.45 bits per heavy atom. The number of benzene rings is 1. The fourth-order valence-corrected chi connectivity index (χ4v) is 2.67. The Hall–Kier alpha value is -2.05. The molecule has 1 amide bonds. The highest BCUT2D eigenvalue weighted by atomic mass is 35.5. The molecule has 7 heteroatoms. The molecule has 20 heavy (non-hydrogen) atoms. The standard InChI is InChI=1S/C13H12ClN3O2S/c1-7-5-20-6-9(7)13(18)16-11-3-2-8(4-10(11)14)12(15)17-19/h2-6,19H,1H3,(H2,15,17)(H,16,18). The Balaban J connectivity index is 2.23. The van der Waals surface area contributed by atoms with Gasteiger partial charge in [-0.05, 0) is 36.1 Å². The summed E-state index contributed by atoms with van der Waals surface area (Å²) in [7, 11) is 0. The lowest BCUT2D eigenvalue weighted by atomic mass is 10.1. The molecule has 104 valence electrons. The van der Waals surface area contributed by atoms with Gasteiger partial charge in [0.05, 0.1) is 16.3 Å². The molecule has 2 aromatic rings. The van der Waals surface area contributed by atoms with Crippen molar-refractivity contribution in [2.75, 3.05) is 5.32 Å². The maximum atomic E-state index is 12.1. The number of carbonyl (C=O) groups is 1. The first-order chi connectivity index (χ1) is 9.52. The number of anilines is 1. The monoisotopic (exact) mass is 309 g/mol. The number of hydrogen-bond donors (Lipinski definition) is 3. The van der Waals surface area contributed by atoms with Gasteiger partial charge in [0.2, 0.25) is 0 Å². The summed E-state index contributed by atoms with van der Waals surface area (Å²) in [5.41, 5.74) is 7.94. The molecule has 0 bridgehead atoms. The van der Waals surface area contributed by atoms with Gasteiger partial charge in [-0.25, -0.2) is 0 Å². The molecule has 4 N–H and O–H groups in total. The average molecular weight is 310 g/mol. The molecule has 1 heterocycles. The minimum absolute atomic E-state index is 0.0431. The third kappa shape index (κ3) is 2.92. The zero-order chi connectivity index (χ0) is 14.7. The van der Waals surface area contributed by atoms with E-state index in [0.717, 1.165) is 5.56 Å². The van der Waals surface area contributed by atoms with Crippen molar-refractivity contribution in [1.82, 2.24) is 0 Å². The van der Waals surface area contributed by atoms with Crippen LogP contribution in [-0.4, -0.2) is 17.0 Å². The summed E-state index contributed by atoms with van der Waals surface area (Å²) in [5, 5.41) is 18.2. The fourth-order valence-electron chi connectivity index (χ4n) is 1.62. The van der Waals surface area contributed by atoms with Crippen LogP contribution in [0.2, 0.25) is 5.02 Å². The van der Waals surface area contributed by atoms with E-state index in [9.17, 15) is 4.79 Å². The second-order valence-electron chi connectivity index (χ2n) is 4.10. The molecular formula is C13H12ClN3O2S. The Kier molecular flexibility index (Phi) is 4.26. The predicted molar refractivity (Wildman–Crippen MR) is 81.0 cm³/mol. The average Bonchev–Trinajstić information content (AvgIpc) is 2.86. The second-order valence-corrected chi connectivity index (χ2v) is 5.25. The van der Waals surface area contributed by atoms with Crippen LogP contribution in [0.4, 0.5) is 5.69 Å². The minimum atomic E-state index is -0.220. The highest BCUT2D eigenvalue weighted by Gasteiger charge is 2.12. The molecule has 0 radical (unpaired) electrons. The van der Waals surface area contributed by atoms with Crippen molar-refractivity contribution in [1.29, 1.82) is 0 Å². The van der Waals surface area contributed by atoms with Gasteiger partial charge in [-0.15, -0.1) is 0 Å². The molecule has 0 fully saturated rings. The highest BCUT2D eigenvalue weighted by molar-refractivity contribution is 7.08. The van der Waals surface area contributed by atoms with E-state index >= 15 is 0 Å². The van der Waals surface area contributed by atoms with Crippen LogP contribution in [0.25, 0.3) is 0 Å². The summed E-state index contributed by atoms with van der Waals surface area (Å²) < 4.78 is 0. The summed E-state index contributed by atoms with van der Waals surface area (Å²) in [4.78, 5) is 12.1. The lowest BCUT2D eigenvalue weighted by Crippen LogP contribution is -2.15. The number of halogens is 1. The Labute approximate surface area is 124 Å². The lowest BCUT2D eigenvalue weighted by Gasteiger charge is -2.08. The van der Waals surface area contributed by atoms with Crippen molar-refractivity contribution in [3.8, 4) is 0 Å². The number of carbonyl (C=O) groups excluding carboxylic acids is 1. The van der Waals surface area contributed by atoms with E-state index in [4.69, 9.17) is 22.5 Å². The third-order valence-electron chi connectivity index (χ3n) is 2.72. The number of nitrogens with two attached hydrogens (primary N) is 1. The van der Waals surface area contributed by atoms with Gasteiger partial charge >= 0.3 is 0 Å². The minimum Gasteiger partial charge on any atom is -0.409 e. The van der Waals surface area contributed by atoms with Crippen molar-refractivity contribution >= 4 is 40.4 Å². The van der Waals surface area contributed by atoms with Gasteiger partial charge in [0.1, 0.15) is 0 Å². The van der Waals surface area contributed by atoms with E-state index in [1.54, 1.807) is 17.5 Å². The molecule has 0 aliphatic rings. The number of rotatable bonds is 3. The second kappa shape index (κ2) is 5.94. The number of hydrogen-bond acceptors (Lipinski definition) is 4. The van der Waals surface area contributed by atoms with E-state index in [0.29, 0.717) is 21.8 Å². The van der Waals surface area contributed by atoms with Gasteiger partial charge in [0.15, 0.2) is 5.84 Å². The number of amidine groups is 1. The van der Waals surface area contributed by atoms with Crippen molar-refractivity contribution in [2.45, 2.75) is 6.92 Å². The van der Waals surface area contributed by atoms with E-state index in [-0.39, 0.29) is 11.7 Å². The molecule has 0 unspecified atom stereocenters. The lowest BCUT2D eigenvalue weighted by molar-refractivity contribution is 0.102. The molecule has 0 saturated carbocycles. The van der Waals surface area contributed by atoms with Crippen LogP contribution in [0.1, 0.15) is 21.5 Å². The number of amides is 1. The molecule has 5 nitrogen and oxygen atoms in total. The summed E-state index contributed by atoms with van der Waals surface area (Å²) >= 11 is 7.54. The zero-order valence-electron chi connectivity index (χ0n) is 10.6. The third-order valence-corrected chi connectivity index (χ3v) is 3.90. The summed E-state index contributed by atoms with van der Waals surface area (Å²) in [6.07, 6.45) is 0. The van der Waals surface area contributed by atoms with Crippen molar-refractivity contribution in [2.24, 2.45) is 10.9 Å². The number of nitrogens with one attached hydrogen (secondary N) is 1. The largest absolute Gasteiger partial charge is 0.409 e. The van der Waals surface area contributed by atoms with Crippen LogP contribution in [0.5, 0.6) is 0 Å². The smallest absolute Gasteiger partial charge is 0.256 e. The zero-order valence-corrected chi connectivity index (χ0v) is 12.1. The summed E-state index contributed by atoms with van der Waals surface area (Å²) in [6, 6.07) is 4.74. The summed E-state index contributed by atoms with van der Waals surface area (Å²) in [5.74, 6) is -0.263. The van der Waals surface area contributed by atoms with Gasteiger partial charge in [-0.1, -0.05) is 16.8 Å². The molecule has 1 aromatic carbocycles.